The zero-order chi connectivity index (χ0) is 18.6. The maximum absolute atomic E-state index is 12.7. The number of nitrogens with one attached hydrogen (secondary N) is 1. The fourth-order valence-corrected chi connectivity index (χ4v) is 3.91. The van der Waals surface area contributed by atoms with Crippen LogP contribution in [0.4, 0.5) is 0 Å². The van der Waals surface area contributed by atoms with Crippen molar-refractivity contribution in [3.8, 4) is 6.07 Å². The van der Waals surface area contributed by atoms with Gasteiger partial charge < -0.3 is 5.32 Å². The van der Waals surface area contributed by atoms with E-state index in [0.717, 1.165) is 0 Å². The summed E-state index contributed by atoms with van der Waals surface area (Å²) in [7, 11) is -2.62. The van der Waals surface area contributed by atoms with Crippen LogP contribution in [0.2, 0.25) is 10.0 Å². The van der Waals surface area contributed by atoms with Gasteiger partial charge in [-0.3, -0.25) is 4.79 Å². The first-order valence-electron chi connectivity index (χ1n) is 6.93. The Bertz CT molecular complexity index is 992. The highest BCUT2D eigenvalue weighted by Crippen LogP contribution is 2.30. The smallest absolute Gasteiger partial charge is 0.251 e. The minimum atomic E-state index is -4.13. The maximum atomic E-state index is 12.7. The molecule has 0 radical (unpaired) electrons. The number of hydrogen-bond donors (Lipinski definition) is 1. The van der Waals surface area contributed by atoms with Crippen LogP contribution < -0.4 is 5.32 Å². The van der Waals surface area contributed by atoms with Crippen LogP contribution in [0.1, 0.15) is 15.9 Å². The van der Waals surface area contributed by atoms with Crippen LogP contribution in [-0.4, -0.2) is 21.4 Å². The van der Waals surface area contributed by atoms with Crippen molar-refractivity contribution in [2.45, 2.75) is 4.90 Å². The van der Waals surface area contributed by atoms with E-state index in [-0.39, 0.29) is 20.8 Å². The number of hydrogen-bond acceptors (Lipinski definition) is 4. The molecule has 0 aliphatic carbocycles. The van der Waals surface area contributed by atoms with Gasteiger partial charge in [0.05, 0.1) is 9.92 Å². The third-order valence-electron chi connectivity index (χ3n) is 3.28. The van der Waals surface area contributed by atoms with Gasteiger partial charge in [0.25, 0.3) is 5.91 Å². The van der Waals surface area contributed by atoms with Gasteiger partial charge in [-0.2, -0.15) is 5.26 Å². The lowest BCUT2D eigenvalue weighted by Crippen LogP contribution is -2.17. The minimum Gasteiger partial charge on any atom is -0.355 e. The summed E-state index contributed by atoms with van der Waals surface area (Å²) in [5, 5.41) is 11.9. The number of amides is 1. The van der Waals surface area contributed by atoms with Gasteiger partial charge in [-0.05, 0) is 42.0 Å². The number of carbonyl (C=O) groups excluding carboxylic acids is 1. The number of nitrogens with zero attached hydrogens (tertiary/aromatic N) is 1. The fraction of sp³-hybridized carbons (Fsp3) is 0.0588. The van der Waals surface area contributed by atoms with Crippen LogP contribution in [0.5, 0.6) is 0 Å². The van der Waals surface area contributed by atoms with Gasteiger partial charge in [0, 0.05) is 17.6 Å². The molecule has 0 atom stereocenters. The van der Waals surface area contributed by atoms with Gasteiger partial charge in [-0.1, -0.05) is 35.3 Å². The summed E-state index contributed by atoms with van der Waals surface area (Å²) in [6.07, 6.45) is 1.21. The Morgan fingerprint density at radius 2 is 1.80 bits per heavy atom. The number of carbonyl (C=O) groups is 1. The fourth-order valence-electron chi connectivity index (χ4n) is 2.00. The Labute approximate surface area is 155 Å². The van der Waals surface area contributed by atoms with Crippen molar-refractivity contribution < 1.29 is 13.2 Å². The van der Waals surface area contributed by atoms with Gasteiger partial charge in [-0.25, -0.2) is 8.42 Å². The highest BCUT2D eigenvalue weighted by atomic mass is 35.5. The third-order valence-corrected chi connectivity index (χ3v) is 5.66. The molecular formula is C17H12Cl2N2O3S. The lowest BCUT2D eigenvalue weighted by molar-refractivity contribution is 0.0963. The molecule has 5 nitrogen and oxygen atoms in total. The Hall–Kier alpha value is -2.33. The number of sulfone groups is 1. The summed E-state index contributed by atoms with van der Waals surface area (Å²) in [5.41, 5.74) is 0.866. The molecule has 0 aliphatic heterocycles. The molecule has 1 N–H and O–H groups in total. The summed E-state index contributed by atoms with van der Waals surface area (Å²) in [5.74, 6) is -0.269. The van der Waals surface area contributed by atoms with E-state index in [9.17, 15) is 18.5 Å². The average molecular weight is 395 g/mol. The van der Waals surface area contributed by atoms with E-state index in [1.807, 2.05) is 0 Å². The molecule has 2 rings (SSSR count). The van der Waals surface area contributed by atoms with Crippen LogP contribution in [0.25, 0.3) is 6.08 Å². The molecule has 0 spiro atoms. The Morgan fingerprint density at radius 1 is 1.16 bits per heavy atom. The van der Waals surface area contributed by atoms with Crippen LogP contribution in [0.3, 0.4) is 0 Å². The molecule has 2 aromatic carbocycles. The molecule has 0 aromatic heterocycles. The average Bonchev–Trinajstić information content (AvgIpc) is 2.61. The highest BCUT2D eigenvalue weighted by Gasteiger charge is 2.24. The van der Waals surface area contributed by atoms with Crippen LogP contribution in [0, 0.1) is 11.3 Å². The molecule has 8 heteroatoms. The summed E-state index contributed by atoms with van der Waals surface area (Å²) >= 11 is 11.8. The maximum Gasteiger partial charge on any atom is 0.251 e. The van der Waals surface area contributed by atoms with E-state index in [2.05, 4.69) is 5.32 Å². The topological polar surface area (TPSA) is 87.0 Å². The first-order chi connectivity index (χ1) is 11.8. The second kappa shape index (κ2) is 7.70. The first-order valence-corrected chi connectivity index (χ1v) is 9.17. The van der Waals surface area contributed by atoms with Crippen molar-refractivity contribution in [2.75, 3.05) is 7.05 Å². The molecule has 0 saturated heterocycles. The predicted octanol–water partition coefficient (Wildman–Crippen LogP) is 3.69. The van der Waals surface area contributed by atoms with Crippen molar-refractivity contribution in [2.24, 2.45) is 0 Å². The summed E-state index contributed by atoms with van der Waals surface area (Å²) in [6, 6.07) is 11.8. The number of halogens is 2. The van der Waals surface area contributed by atoms with Crippen molar-refractivity contribution in [1.82, 2.24) is 5.32 Å². The van der Waals surface area contributed by atoms with E-state index in [1.54, 1.807) is 6.07 Å². The molecule has 0 saturated carbocycles. The third kappa shape index (κ3) is 4.20. The van der Waals surface area contributed by atoms with Crippen LogP contribution in [-0.2, 0) is 9.84 Å². The second-order valence-corrected chi connectivity index (χ2v) is 7.63. The summed E-state index contributed by atoms with van der Waals surface area (Å²) in [6.45, 7) is 0. The normalized spacial score (nSPS) is 11.7. The van der Waals surface area contributed by atoms with E-state index in [4.69, 9.17) is 23.2 Å². The molecule has 25 heavy (non-hydrogen) atoms. The standard InChI is InChI=1S/C17H12Cl2N2O3S/c1-21-17(22)12-4-2-11(3-5-12)8-14(10-20)25(23,24)16-9-13(18)6-7-15(16)19/h2-9H,1H3,(H,21,22)/b14-8+. The van der Waals surface area contributed by atoms with E-state index < -0.39 is 14.7 Å². The van der Waals surface area contributed by atoms with Crippen molar-refractivity contribution in [1.29, 1.82) is 5.26 Å². The van der Waals surface area contributed by atoms with Gasteiger partial charge in [-0.15, -0.1) is 0 Å². The monoisotopic (exact) mass is 394 g/mol. The van der Waals surface area contributed by atoms with Crippen LogP contribution >= 0.6 is 23.2 Å². The molecule has 1 amide bonds. The van der Waals surface area contributed by atoms with Gasteiger partial charge in [0.15, 0.2) is 0 Å². The molecule has 0 bridgehead atoms. The summed E-state index contributed by atoms with van der Waals surface area (Å²) < 4.78 is 25.3. The van der Waals surface area contributed by atoms with E-state index in [1.165, 1.54) is 55.6 Å². The minimum absolute atomic E-state index is 0.0273. The Balaban J connectivity index is 2.48. The van der Waals surface area contributed by atoms with Gasteiger partial charge in [0.2, 0.25) is 9.84 Å². The van der Waals surface area contributed by atoms with Crippen molar-refractivity contribution in [3.05, 3.63) is 68.5 Å². The van der Waals surface area contributed by atoms with Crippen molar-refractivity contribution >= 4 is 45.0 Å². The molecule has 2 aromatic rings. The zero-order valence-electron chi connectivity index (χ0n) is 13.0. The number of rotatable bonds is 4. The predicted molar refractivity (Wildman–Crippen MR) is 97.1 cm³/mol. The number of allylic oxidation sites excluding steroid dienone is 1. The van der Waals surface area contributed by atoms with Crippen molar-refractivity contribution in [3.63, 3.8) is 0 Å². The molecule has 0 heterocycles. The molecule has 0 fully saturated rings. The lowest BCUT2D eigenvalue weighted by atomic mass is 10.1. The molecule has 0 aliphatic rings. The van der Waals surface area contributed by atoms with Gasteiger partial charge in [0.1, 0.15) is 11.0 Å². The highest BCUT2D eigenvalue weighted by molar-refractivity contribution is 7.95. The first kappa shape index (κ1) is 19.0. The second-order valence-electron chi connectivity index (χ2n) is 4.90. The zero-order valence-corrected chi connectivity index (χ0v) is 15.3. The van der Waals surface area contributed by atoms with E-state index >= 15 is 0 Å². The van der Waals surface area contributed by atoms with E-state index in [0.29, 0.717) is 11.1 Å². The lowest BCUT2D eigenvalue weighted by Gasteiger charge is -2.06. The van der Waals surface area contributed by atoms with Crippen LogP contribution in [0.15, 0.2) is 52.3 Å². The quantitative estimate of drug-likeness (QED) is 0.800. The SMILES string of the molecule is CNC(=O)c1ccc(/C=C(\C#N)S(=O)(=O)c2cc(Cl)ccc2Cl)cc1. The molecule has 128 valence electrons. The Morgan fingerprint density at radius 3 is 2.36 bits per heavy atom. The summed E-state index contributed by atoms with van der Waals surface area (Å²) in [4.78, 5) is 10.8. The number of nitriles is 1. The number of benzene rings is 2. The largest absolute Gasteiger partial charge is 0.355 e. The van der Waals surface area contributed by atoms with Gasteiger partial charge >= 0.3 is 0 Å². The molecule has 0 unspecified atom stereocenters. The molecular weight excluding hydrogens is 383 g/mol. The Kier molecular flexibility index (Phi) is 5.85.